The van der Waals surface area contributed by atoms with E-state index in [4.69, 9.17) is 4.99 Å². The minimum Gasteiger partial charge on any atom is -0.293 e. The van der Waals surface area contributed by atoms with Gasteiger partial charge in [-0.25, -0.2) is 0 Å². The third-order valence-electron chi connectivity index (χ3n) is 5.53. The minimum atomic E-state index is -0.238. The Bertz CT molecular complexity index is 768. The average Bonchev–Trinajstić information content (AvgIpc) is 2.89. The molecule has 1 unspecified atom stereocenters. The molecule has 0 radical (unpaired) electrons. The van der Waals surface area contributed by atoms with E-state index >= 15 is 0 Å². The minimum absolute atomic E-state index is 0.0388. The van der Waals surface area contributed by atoms with Crippen LogP contribution < -0.4 is 0 Å². The summed E-state index contributed by atoms with van der Waals surface area (Å²) in [7, 11) is 0. The second kappa shape index (κ2) is 28.8. The molecule has 1 aromatic rings. The van der Waals surface area contributed by atoms with Crippen molar-refractivity contribution in [3.8, 4) is 0 Å². The quantitative estimate of drug-likeness (QED) is 0.182. The summed E-state index contributed by atoms with van der Waals surface area (Å²) in [6.07, 6.45) is 10.6. The number of hydrogen-bond donors (Lipinski definition) is 0. The van der Waals surface area contributed by atoms with Crippen LogP contribution in [0.25, 0.3) is 0 Å². The first-order valence-electron chi connectivity index (χ1n) is 15.2. The molecule has 0 amide bonds. The molecule has 0 N–H and O–H groups in total. The lowest BCUT2D eigenvalue weighted by Crippen LogP contribution is -2.26. The SMILES string of the molecule is C=C/C=C\C.C=CCC.CC.CC.CC.CC(=O)C(=NC(C)(C)CCC(C)C(C)(C)C)c1cc(C)cc(C)c1. The first kappa shape index (κ1) is 46.6. The van der Waals surface area contributed by atoms with Gasteiger partial charge in [-0.15, -0.1) is 6.58 Å². The third kappa shape index (κ3) is 28.6. The van der Waals surface area contributed by atoms with Crippen molar-refractivity contribution in [2.24, 2.45) is 16.3 Å². The van der Waals surface area contributed by atoms with Gasteiger partial charge in [0.2, 0.25) is 0 Å². The van der Waals surface area contributed by atoms with Crippen molar-refractivity contribution < 1.29 is 4.79 Å². The number of carbonyl (C=O) groups is 1. The van der Waals surface area contributed by atoms with Crippen LogP contribution in [0.2, 0.25) is 0 Å². The van der Waals surface area contributed by atoms with Crippen LogP contribution in [0, 0.1) is 25.2 Å². The van der Waals surface area contributed by atoms with Crippen molar-refractivity contribution in [2.75, 3.05) is 0 Å². The Hall–Kier alpha value is -2.22. The number of allylic oxidation sites excluding steroid dienone is 4. The number of aliphatic imine (C=N–C) groups is 1. The van der Waals surface area contributed by atoms with Gasteiger partial charge in [-0.3, -0.25) is 9.79 Å². The van der Waals surface area contributed by atoms with Crippen LogP contribution in [0.5, 0.6) is 0 Å². The smallest absolute Gasteiger partial charge is 0.178 e. The van der Waals surface area contributed by atoms with E-state index in [1.54, 1.807) is 13.0 Å². The zero-order valence-electron chi connectivity index (χ0n) is 29.5. The van der Waals surface area contributed by atoms with Crippen LogP contribution in [-0.2, 0) is 4.79 Å². The fourth-order valence-corrected chi connectivity index (χ4v) is 2.96. The van der Waals surface area contributed by atoms with E-state index in [9.17, 15) is 4.79 Å². The number of hydrogen-bond acceptors (Lipinski definition) is 2. The highest BCUT2D eigenvalue weighted by Crippen LogP contribution is 2.32. The van der Waals surface area contributed by atoms with Crippen LogP contribution in [0.15, 0.2) is 60.7 Å². The second-order valence-electron chi connectivity index (χ2n) is 10.5. The highest BCUT2D eigenvalue weighted by molar-refractivity contribution is 6.45. The Morgan fingerprint density at radius 3 is 1.59 bits per heavy atom. The highest BCUT2D eigenvalue weighted by atomic mass is 16.1. The number of nitrogens with zero attached hydrogens (tertiary/aromatic N) is 1. The maximum Gasteiger partial charge on any atom is 0.178 e. The number of carbonyl (C=O) groups excluding carboxylic acids is 1. The number of aryl methyl sites for hydroxylation is 2. The molecule has 0 aliphatic heterocycles. The summed E-state index contributed by atoms with van der Waals surface area (Å²) in [6.45, 7) is 42.1. The number of Topliss-reactive ketones (excluding diaryl/α,β-unsaturated/α-hetero) is 1. The zero-order chi connectivity index (χ0) is 32.2. The van der Waals surface area contributed by atoms with Crippen molar-refractivity contribution in [1.82, 2.24) is 0 Å². The molecule has 228 valence electrons. The normalized spacial score (nSPS) is 11.3. The lowest BCUT2D eigenvalue weighted by Gasteiger charge is -2.30. The Balaban J connectivity index is -0.000000214. The lowest BCUT2D eigenvalue weighted by molar-refractivity contribution is -0.111. The Morgan fingerprint density at radius 1 is 0.923 bits per heavy atom. The molecule has 2 heteroatoms. The lowest BCUT2D eigenvalue weighted by atomic mass is 9.77. The first-order valence-corrected chi connectivity index (χ1v) is 15.2. The predicted molar refractivity (Wildman–Crippen MR) is 185 cm³/mol. The van der Waals surface area contributed by atoms with Crippen LogP contribution in [0.1, 0.15) is 140 Å². The van der Waals surface area contributed by atoms with Gasteiger partial charge >= 0.3 is 0 Å². The van der Waals surface area contributed by atoms with Gasteiger partial charge in [0.25, 0.3) is 0 Å². The van der Waals surface area contributed by atoms with E-state index in [1.165, 1.54) is 0 Å². The molecule has 39 heavy (non-hydrogen) atoms. The van der Waals surface area contributed by atoms with Crippen molar-refractivity contribution in [2.45, 2.75) is 143 Å². The number of benzene rings is 1. The van der Waals surface area contributed by atoms with Gasteiger partial charge in [0.15, 0.2) is 5.78 Å². The second-order valence-corrected chi connectivity index (χ2v) is 10.5. The van der Waals surface area contributed by atoms with Crippen molar-refractivity contribution in [3.63, 3.8) is 0 Å². The molecule has 2 nitrogen and oxygen atoms in total. The van der Waals surface area contributed by atoms with Crippen molar-refractivity contribution >= 4 is 11.5 Å². The van der Waals surface area contributed by atoms with Crippen LogP contribution in [-0.4, -0.2) is 17.0 Å². The zero-order valence-corrected chi connectivity index (χ0v) is 29.5. The molecule has 0 fully saturated rings. The Kier molecular flexibility index (Phi) is 34.4. The molecule has 0 saturated heterocycles. The Labute approximate surface area is 247 Å². The van der Waals surface area contributed by atoms with Gasteiger partial charge in [-0.1, -0.05) is 124 Å². The molecule has 0 aliphatic carbocycles. The van der Waals surface area contributed by atoms with E-state index in [1.807, 2.05) is 66.7 Å². The van der Waals surface area contributed by atoms with Crippen LogP contribution in [0.3, 0.4) is 0 Å². The van der Waals surface area contributed by atoms with Crippen LogP contribution >= 0.6 is 0 Å². The summed E-state index contributed by atoms with van der Waals surface area (Å²) in [5.41, 5.74) is 3.94. The topological polar surface area (TPSA) is 29.4 Å². The van der Waals surface area contributed by atoms with E-state index in [0.717, 1.165) is 36.0 Å². The standard InChI is InChI=1S/C22H35NO.C5H8.C4H8.3C2H6/c1-15-12-16(2)14-19(13-15)20(18(4)24)23-22(8,9)11-10-17(3)21(5,6)7;1-3-5-4-2;1-3-4-2;3*1-2/h12-14,17H,10-11H2,1-9H3;3-5H,1H2,2H3;3H,1,4H2,2H3;3*1-2H3/b;5-4-;;;;. The first-order chi connectivity index (χ1) is 18.1. The van der Waals surface area contributed by atoms with E-state index in [2.05, 4.69) is 93.7 Å². The fraction of sp³-hybridized carbons (Fsp3) is 0.622. The molecule has 0 spiro atoms. The van der Waals surface area contributed by atoms with E-state index < -0.39 is 0 Å². The fourth-order valence-electron chi connectivity index (χ4n) is 2.96. The maximum atomic E-state index is 12.2. The molecule has 0 bridgehead atoms. The van der Waals surface area contributed by atoms with Crippen molar-refractivity contribution in [3.05, 3.63) is 72.4 Å². The maximum absolute atomic E-state index is 12.2. The van der Waals surface area contributed by atoms with Gasteiger partial charge in [-0.2, -0.15) is 0 Å². The van der Waals surface area contributed by atoms with Gasteiger partial charge in [-0.05, 0) is 77.3 Å². The Morgan fingerprint density at radius 2 is 1.33 bits per heavy atom. The molecule has 0 saturated carbocycles. The monoisotopic (exact) mass is 544 g/mol. The highest BCUT2D eigenvalue weighted by Gasteiger charge is 2.25. The summed E-state index contributed by atoms with van der Waals surface area (Å²) < 4.78 is 0. The number of rotatable bonds is 8. The van der Waals surface area contributed by atoms with Gasteiger partial charge < -0.3 is 0 Å². The molecule has 1 aromatic carbocycles. The molecular formula is C37H69NO. The van der Waals surface area contributed by atoms with E-state index in [0.29, 0.717) is 17.0 Å². The van der Waals surface area contributed by atoms with Crippen molar-refractivity contribution in [1.29, 1.82) is 0 Å². The average molecular weight is 544 g/mol. The molecule has 0 aromatic heterocycles. The van der Waals surface area contributed by atoms with Gasteiger partial charge in [0, 0.05) is 12.5 Å². The molecule has 0 aliphatic rings. The predicted octanol–water partition coefficient (Wildman–Crippen LogP) is 12.3. The molecule has 0 heterocycles. The summed E-state index contributed by atoms with van der Waals surface area (Å²) in [5.74, 6) is 0.658. The molecular weight excluding hydrogens is 474 g/mol. The van der Waals surface area contributed by atoms with Gasteiger partial charge in [0.05, 0.1) is 5.54 Å². The summed E-state index contributed by atoms with van der Waals surface area (Å²) in [6, 6.07) is 6.24. The van der Waals surface area contributed by atoms with E-state index in [-0.39, 0.29) is 11.3 Å². The molecule has 1 rings (SSSR count). The third-order valence-corrected chi connectivity index (χ3v) is 5.53. The van der Waals surface area contributed by atoms with Crippen LogP contribution in [0.4, 0.5) is 0 Å². The summed E-state index contributed by atoms with van der Waals surface area (Å²) in [5, 5.41) is 0. The summed E-state index contributed by atoms with van der Waals surface area (Å²) >= 11 is 0. The van der Waals surface area contributed by atoms with Gasteiger partial charge in [0.1, 0.15) is 5.71 Å². The molecule has 1 atom stereocenters. The largest absolute Gasteiger partial charge is 0.293 e. The summed E-state index contributed by atoms with van der Waals surface area (Å²) in [4.78, 5) is 17.1. The number of ketones is 1.